The van der Waals surface area contributed by atoms with Crippen LogP contribution in [0.15, 0.2) is 18.2 Å². The SMILES string of the molecule is CSCCC(C)N(C)C(=O)c1cc(C(F)(F)F)ccc1N. The third-order valence-electron chi connectivity index (χ3n) is 3.33. The minimum atomic E-state index is -4.49. The van der Waals surface area contributed by atoms with Gasteiger partial charge in [0.15, 0.2) is 0 Å². The van der Waals surface area contributed by atoms with Crippen molar-refractivity contribution in [1.29, 1.82) is 0 Å². The maximum atomic E-state index is 12.7. The van der Waals surface area contributed by atoms with E-state index in [2.05, 4.69) is 0 Å². The maximum Gasteiger partial charge on any atom is 0.416 e. The van der Waals surface area contributed by atoms with Gasteiger partial charge in [0.05, 0.1) is 11.1 Å². The fourth-order valence-corrected chi connectivity index (χ4v) is 2.37. The third kappa shape index (κ3) is 4.56. The van der Waals surface area contributed by atoms with Crippen LogP contribution in [0.2, 0.25) is 0 Å². The summed E-state index contributed by atoms with van der Waals surface area (Å²) >= 11 is 1.65. The Morgan fingerprint density at radius 1 is 1.43 bits per heavy atom. The molecule has 0 aliphatic rings. The Hall–Kier alpha value is -1.37. The van der Waals surface area contributed by atoms with Crippen molar-refractivity contribution >= 4 is 23.4 Å². The molecule has 7 heteroatoms. The van der Waals surface area contributed by atoms with Gasteiger partial charge in [-0.1, -0.05) is 0 Å². The van der Waals surface area contributed by atoms with Crippen LogP contribution in [0, 0.1) is 0 Å². The number of anilines is 1. The molecule has 118 valence electrons. The number of nitrogen functional groups attached to an aromatic ring is 1. The summed E-state index contributed by atoms with van der Waals surface area (Å²) in [6, 6.07) is 2.74. The number of halogens is 3. The highest BCUT2D eigenvalue weighted by Gasteiger charge is 2.32. The van der Waals surface area contributed by atoms with Crippen LogP contribution in [-0.2, 0) is 6.18 Å². The molecule has 0 saturated heterocycles. The standard InChI is InChI=1S/C14H19F3N2OS/c1-9(6-7-21-3)19(2)13(20)11-8-10(14(15,16)17)4-5-12(11)18/h4-5,8-9H,6-7,18H2,1-3H3. The van der Waals surface area contributed by atoms with Crippen LogP contribution >= 0.6 is 11.8 Å². The summed E-state index contributed by atoms with van der Waals surface area (Å²) in [5.74, 6) is 0.379. The lowest BCUT2D eigenvalue weighted by Crippen LogP contribution is -2.36. The highest BCUT2D eigenvalue weighted by atomic mass is 32.2. The molecule has 3 nitrogen and oxygen atoms in total. The average Bonchev–Trinajstić information content (AvgIpc) is 2.42. The smallest absolute Gasteiger partial charge is 0.398 e. The molecule has 0 saturated carbocycles. The van der Waals surface area contributed by atoms with Crippen LogP contribution in [0.3, 0.4) is 0 Å². The first-order chi connectivity index (χ1) is 9.68. The highest BCUT2D eigenvalue weighted by molar-refractivity contribution is 7.98. The molecule has 2 N–H and O–H groups in total. The van der Waals surface area contributed by atoms with E-state index in [1.165, 1.54) is 4.90 Å². The molecule has 21 heavy (non-hydrogen) atoms. The zero-order valence-corrected chi connectivity index (χ0v) is 13.0. The first kappa shape index (κ1) is 17.7. The van der Waals surface area contributed by atoms with E-state index < -0.39 is 17.6 Å². The molecular weight excluding hydrogens is 301 g/mol. The Kier molecular flexibility index (Phi) is 5.95. The number of nitrogens with two attached hydrogens (primary N) is 1. The molecule has 1 rings (SSSR count). The number of thioether (sulfide) groups is 1. The van der Waals surface area contributed by atoms with Crippen molar-refractivity contribution in [1.82, 2.24) is 4.90 Å². The molecule has 1 unspecified atom stereocenters. The van der Waals surface area contributed by atoms with Gasteiger partial charge in [-0.25, -0.2) is 0 Å². The van der Waals surface area contributed by atoms with Gasteiger partial charge in [0.2, 0.25) is 0 Å². The Morgan fingerprint density at radius 3 is 2.57 bits per heavy atom. The van der Waals surface area contributed by atoms with Gasteiger partial charge in [-0.2, -0.15) is 24.9 Å². The van der Waals surface area contributed by atoms with Crippen LogP contribution in [-0.4, -0.2) is 35.9 Å². The molecular formula is C14H19F3N2OS. The molecule has 0 radical (unpaired) electrons. The van der Waals surface area contributed by atoms with Gasteiger partial charge in [0.1, 0.15) is 0 Å². The zero-order chi connectivity index (χ0) is 16.2. The lowest BCUT2D eigenvalue weighted by Gasteiger charge is -2.25. The Labute approximate surface area is 126 Å². The maximum absolute atomic E-state index is 12.7. The van der Waals surface area contributed by atoms with Gasteiger partial charge < -0.3 is 10.6 Å². The largest absolute Gasteiger partial charge is 0.416 e. The molecule has 0 aliphatic carbocycles. The van der Waals surface area contributed by atoms with E-state index in [0.29, 0.717) is 0 Å². The molecule has 1 atom stereocenters. The number of carbonyl (C=O) groups excluding carboxylic acids is 1. The minimum Gasteiger partial charge on any atom is -0.398 e. The molecule has 1 amide bonds. The first-order valence-corrected chi connectivity index (χ1v) is 7.80. The van der Waals surface area contributed by atoms with E-state index in [0.717, 1.165) is 30.4 Å². The first-order valence-electron chi connectivity index (χ1n) is 6.41. The van der Waals surface area contributed by atoms with Gasteiger partial charge in [0.25, 0.3) is 5.91 Å². The van der Waals surface area contributed by atoms with Crippen LogP contribution in [0.4, 0.5) is 18.9 Å². The second kappa shape index (κ2) is 7.06. The molecule has 0 fully saturated rings. The Bertz CT molecular complexity index is 505. The summed E-state index contributed by atoms with van der Waals surface area (Å²) in [6.07, 6.45) is -1.77. The van der Waals surface area contributed by atoms with Crippen LogP contribution in [0.5, 0.6) is 0 Å². The number of alkyl halides is 3. The molecule has 0 bridgehead atoms. The highest BCUT2D eigenvalue weighted by Crippen LogP contribution is 2.31. The van der Waals surface area contributed by atoms with Gasteiger partial charge >= 0.3 is 6.18 Å². The number of hydrogen-bond donors (Lipinski definition) is 1. The van der Waals surface area contributed by atoms with Gasteiger partial charge in [-0.05, 0) is 43.6 Å². The number of nitrogens with zero attached hydrogens (tertiary/aromatic N) is 1. The number of benzene rings is 1. The molecule has 0 heterocycles. The summed E-state index contributed by atoms with van der Waals surface area (Å²) in [5.41, 5.74) is 4.73. The molecule has 0 aliphatic heterocycles. The zero-order valence-electron chi connectivity index (χ0n) is 12.2. The van der Waals surface area contributed by atoms with E-state index in [4.69, 9.17) is 5.73 Å². The van der Waals surface area contributed by atoms with Crippen molar-refractivity contribution in [2.75, 3.05) is 24.8 Å². The van der Waals surface area contributed by atoms with E-state index in [1.54, 1.807) is 18.8 Å². The van der Waals surface area contributed by atoms with Crippen molar-refractivity contribution in [3.63, 3.8) is 0 Å². The Morgan fingerprint density at radius 2 is 2.05 bits per heavy atom. The molecule has 0 aromatic heterocycles. The number of hydrogen-bond acceptors (Lipinski definition) is 3. The summed E-state index contributed by atoms with van der Waals surface area (Å²) in [4.78, 5) is 13.8. The van der Waals surface area contributed by atoms with Crippen molar-refractivity contribution in [2.45, 2.75) is 25.6 Å². The Balaban J connectivity index is 3.01. The lowest BCUT2D eigenvalue weighted by atomic mass is 10.1. The summed E-state index contributed by atoms with van der Waals surface area (Å²) < 4.78 is 38.2. The number of carbonyl (C=O) groups is 1. The molecule has 0 spiro atoms. The topological polar surface area (TPSA) is 46.3 Å². The number of rotatable bonds is 5. The monoisotopic (exact) mass is 320 g/mol. The summed E-state index contributed by atoms with van der Waals surface area (Å²) in [6.45, 7) is 1.86. The third-order valence-corrected chi connectivity index (χ3v) is 3.98. The predicted molar refractivity (Wildman–Crippen MR) is 80.4 cm³/mol. The van der Waals surface area contributed by atoms with Crippen LogP contribution < -0.4 is 5.73 Å². The number of amides is 1. The summed E-state index contributed by atoms with van der Waals surface area (Å²) in [7, 11) is 1.58. The van der Waals surface area contributed by atoms with Crippen molar-refractivity contribution in [2.24, 2.45) is 0 Å². The fourth-order valence-electron chi connectivity index (χ4n) is 1.79. The van der Waals surface area contributed by atoms with Crippen molar-refractivity contribution in [3.05, 3.63) is 29.3 Å². The van der Waals surface area contributed by atoms with E-state index in [9.17, 15) is 18.0 Å². The molecule has 1 aromatic carbocycles. The van der Waals surface area contributed by atoms with Crippen molar-refractivity contribution < 1.29 is 18.0 Å². The lowest BCUT2D eigenvalue weighted by molar-refractivity contribution is -0.137. The van der Waals surface area contributed by atoms with E-state index >= 15 is 0 Å². The van der Waals surface area contributed by atoms with E-state index in [-0.39, 0.29) is 17.3 Å². The second-order valence-corrected chi connectivity index (χ2v) is 5.83. The average molecular weight is 320 g/mol. The normalized spacial score (nSPS) is 13.0. The summed E-state index contributed by atoms with van der Waals surface area (Å²) in [5, 5.41) is 0. The van der Waals surface area contributed by atoms with E-state index in [1.807, 2.05) is 13.2 Å². The van der Waals surface area contributed by atoms with Crippen molar-refractivity contribution in [3.8, 4) is 0 Å². The molecule has 1 aromatic rings. The quantitative estimate of drug-likeness (QED) is 0.845. The van der Waals surface area contributed by atoms with Gasteiger partial charge in [-0.15, -0.1) is 0 Å². The minimum absolute atomic E-state index is 0.0527. The second-order valence-electron chi connectivity index (χ2n) is 4.85. The predicted octanol–water partition coefficient (Wildman–Crippen LogP) is 3.50. The van der Waals surface area contributed by atoms with Crippen LogP contribution in [0.1, 0.15) is 29.3 Å². The van der Waals surface area contributed by atoms with Gasteiger partial charge in [-0.3, -0.25) is 4.79 Å². The fraction of sp³-hybridized carbons (Fsp3) is 0.500. The van der Waals surface area contributed by atoms with Gasteiger partial charge in [0, 0.05) is 18.8 Å². The van der Waals surface area contributed by atoms with Crippen LogP contribution in [0.25, 0.3) is 0 Å².